The Bertz CT molecular complexity index is 587. The number of benzene rings is 1. The fraction of sp³-hybridized carbons (Fsp3) is 0.267. The normalized spacial score (nSPS) is 10.4. The number of nitrogens with one attached hydrogen (secondary N) is 1. The van der Waals surface area contributed by atoms with Crippen LogP contribution in [0.15, 0.2) is 41.2 Å². The molecule has 1 aromatic heterocycles. The molecule has 0 saturated carbocycles. The van der Waals surface area contributed by atoms with Crippen molar-refractivity contribution in [3.05, 3.63) is 58.0 Å². The molecule has 0 spiro atoms. The fourth-order valence-electron chi connectivity index (χ4n) is 1.92. The van der Waals surface area contributed by atoms with Gasteiger partial charge >= 0.3 is 0 Å². The summed E-state index contributed by atoms with van der Waals surface area (Å²) in [6, 6.07) is 10.6. The molecule has 0 atom stereocenters. The van der Waals surface area contributed by atoms with Crippen molar-refractivity contribution in [1.82, 2.24) is 4.98 Å². The van der Waals surface area contributed by atoms with Crippen LogP contribution in [0.2, 0.25) is 0 Å². The highest BCUT2D eigenvalue weighted by Gasteiger charge is 2.00. The van der Waals surface area contributed by atoms with Crippen molar-refractivity contribution in [2.75, 3.05) is 6.61 Å². The van der Waals surface area contributed by atoms with Crippen molar-refractivity contribution >= 4 is 0 Å². The summed E-state index contributed by atoms with van der Waals surface area (Å²) in [6.45, 7) is 2.61. The minimum Gasteiger partial charge on any atom is -0.508 e. The lowest BCUT2D eigenvalue weighted by atomic mass is 10.1. The van der Waals surface area contributed by atoms with Gasteiger partial charge in [-0.2, -0.15) is 0 Å². The predicted octanol–water partition coefficient (Wildman–Crippen LogP) is 2.26. The van der Waals surface area contributed by atoms with Gasteiger partial charge in [0.2, 0.25) is 0 Å². The summed E-state index contributed by atoms with van der Waals surface area (Å²) >= 11 is 0. The summed E-state index contributed by atoms with van der Waals surface area (Å²) < 4.78 is 5.37. The van der Waals surface area contributed by atoms with Crippen LogP contribution in [0.3, 0.4) is 0 Å². The van der Waals surface area contributed by atoms with Crippen molar-refractivity contribution in [3.8, 4) is 11.5 Å². The molecule has 0 aliphatic carbocycles. The first-order valence-electron chi connectivity index (χ1n) is 6.31. The Morgan fingerprint density at radius 3 is 2.53 bits per heavy atom. The zero-order valence-corrected chi connectivity index (χ0v) is 10.8. The van der Waals surface area contributed by atoms with E-state index in [2.05, 4.69) is 4.98 Å². The molecule has 1 heterocycles. The number of aromatic nitrogens is 1. The molecule has 0 bridgehead atoms. The van der Waals surface area contributed by atoms with Crippen LogP contribution in [0, 0.1) is 0 Å². The lowest BCUT2D eigenvalue weighted by Crippen LogP contribution is -2.07. The summed E-state index contributed by atoms with van der Waals surface area (Å²) in [6.07, 6.45) is 1.48. The Hall–Kier alpha value is -2.23. The lowest BCUT2D eigenvalue weighted by Gasteiger charge is -2.05. The van der Waals surface area contributed by atoms with E-state index >= 15 is 0 Å². The van der Waals surface area contributed by atoms with Gasteiger partial charge in [-0.3, -0.25) is 4.79 Å². The number of H-pyrrole nitrogens is 1. The van der Waals surface area contributed by atoms with E-state index in [0.717, 1.165) is 23.4 Å². The second kappa shape index (κ2) is 6.09. The number of rotatable bonds is 5. The maximum atomic E-state index is 11.2. The van der Waals surface area contributed by atoms with Gasteiger partial charge in [0, 0.05) is 11.8 Å². The largest absolute Gasteiger partial charge is 0.508 e. The van der Waals surface area contributed by atoms with Gasteiger partial charge in [0.05, 0.1) is 6.61 Å². The molecule has 0 fully saturated rings. The van der Waals surface area contributed by atoms with Gasteiger partial charge in [-0.15, -0.1) is 0 Å². The van der Waals surface area contributed by atoms with E-state index in [1.54, 1.807) is 6.07 Å². The Labute approximate surface area is 111 Å². The van der Waals surface area contributed by atoms with Gasteiger partial charge < -0.3 is 14.8 Å². The average Bonchev–Trinajstić information content (AvgIpc) is 2.37. The van der Waals surface area contributed by atoms with Crippen molar-refractivity contribution in [1.29, 1.82) is 0 Å². The smallest absolute Gasteiger partial charge is 0.251 e. The number of pyridine rings is 1. The summed E-state index contributed by atoms with van der Waals surface area (Å²) in [5.41, 5.74) is 1.62. The molecule has 1 aromatic carbocycles. The number of aromatic hydroxyl groups is 1. The van der Waals surface area contributed by atoms with Gasteiger partial charge in [0.25, 0.3) is 5.56 Å². The van der Waals surface area contributed by atoms with E-state index in [9.17, 15) is 9.90 Å². The number of hydrogen-bond donors (Lipinski definition) is 2. The monoisotopic (exact) mass is 259 g/mol. The molecule has 2 aromatic rings. The minimum atomic E-state index is -0.276. The first kappa shape index (κ1) is 13.2. The van der Waals surface area contributed by atoms with E-state index in [-0.39, 0.29) is 11.3 Å². The molecule has 19 heavy (non-hydrogen) atoms. The fourth-order valence-corrected chi connectivity index (χ4v) is 1.92. The zero-order chi connectivity index (χ0) is 13.7. The third-order valence-corrected chi connectivity index (χ3v) is 2.80. The molecule has 0 unspecified atom stereocenters. The molecule has 0 amide bonds. The highest BCUT2D eigenvalue weighted by Crippen LogP contribution is 2.14. The third-order valence-electron chi connectivity index (χ3n) is 2.80. The van der Waals surface area contributed by atoms with Crippen LogP contribution in [-0.4, -0.2) is 16.7 Å². The van der Waals surface area contributed by atoms with Crippen LogP contribution in [0.4, 0.5) is 0 Å². The van der Waals surface area contributed by atoms with Crippen LogP contribution in [0.25, 0.3) is 0 Å². The molecule has 4 nitrogen and oxygen atoms in total. The van der Waals surface area contributed by atoms with Crippen LogP contribution in [0.1, 0.15) is 18.2 Å². The van der Waals surface area contributed by atoms with Crippen LogP contribution in [0.5, 0.6) is 11.5 Å². The van der Waals surface area contributed by atoms with Crippen LogP contribution >= 0.6 is 0 Å². The van der Waals surface area contributed by atoms with E-state index in [1.165, 1.54) is 6.07 Å². The topological polar surface area (TPSA) is 62.3 Å². The molecule has 4 heteroatoms. The Balaban J connectivity index is 1.99. The number of aromatic amines is 1. The Morgan fingerprint density at radius 2 is 1.89 bits per heavy atom. The molecule has 0 saturated heterocycles. The second-order valence-electron chi connectivity index (χ2n) is 4.30. The van der Waals surface area contributed by atoms with E-state index in [4.69, 9.17) is 4.74 Å². The van der Waals surface area contributed by atoms with Crippen LogP contribution < -0.4 is 10.3 Å². The standard InChI is InChI=1S/C15H17NO3/c1-2-19-14-7-4-11(5-8-14)3-6-12-9-13(17)10-15(18)16-12/h4-5,7-10H,2-3,6H2,1H3,(H2,16,17,18). The van der Waals surface area contributed by atoms with Crippen molar-refractivity contribution in [2.24, 2.45) is 0 Å². The number of hydrogen-bond acceptors (Lipinski definition) is 3. The summed E-state index contributed by atoms with van der Waals surface area (Å²) in [7, 11) is 0. The molecule has 2 rings (SSSR count). The third kappa shape index (κ3) is 3.88. The SMILES string of the molecule is CCOc1ccc(CCc2cc(O)cc(=O)[nH]2)cc1. The molecule has 2 N–H and O–H groups in total. The zero-order valence-electron chi connectivity index (χ0n) is 10.8. The maximum Gasteiger partial charge on any atom is 0.251 e. The molecule has 100 valence electrons. The molecular weight excluding hydrogens is 242 g/mol. The Morgan fingerprint density at radius 1 is 1.16 bits per heavy atom. The van der Waals surface area contributed by atoms with Crippen LogP contribution in [-0.2, 0) is 12.8 Å². The molecular formula is C15H17NO3. The highest BCUT2D eigenvalue weighted by molar-refractivity contribution is 5.28. The van der Waals surface area contributed by atoms with E-state index in [1.807, 2.05) is 31.2 Å². The van der Waals surface area contributed by atoms with Crippen molar-refractivity contribution in [3.63, 3.8) is 0 Å². The summed E-state index contributed by atoms with van der Waals surface area (Å²) in [5, 5.41) is 9.35. The highest BCUT2D eigenvalue weighted by atomic mass is 16.5. The summed E-state index contributed by atoms with van der Waals surface area (Å²) in [5.74, 6) is 0.863. The van der Waals surface area contributed by atoms with E-state index in [0.29, 0.717) is 13.0 Å². The molecule has 0 radical (unpaired) electrons. The lowest BCUT2D eigenvalue weighted by molar-refractivity contribution is 0.340. The summed E-state index contributed by atoms with van der Waals surface area (Å²) in [4.78, 5) is 13.9. The minimum absolute atomic E-state index is 0.00504. The molecule has 0 aliphatic rings. The average molecular weight is 259 g/mol. The first-order valence-corrected chi connectivity index (χ1v) is 6.31. The number of aryl methyl sites for hydroxylation is 2. The number of ether oxygens (including phenoxy) is 1. The van der Waals surface area contributed by atoms with Gasteiger partial charge in [0.1, 0.15) is 11.5 Å². The first-order chi connectivity index (χ1) is 9.17. The van der Waals surface area contributed by atoms with Crippen molar-refractivity contribution in [2.45, 2.75) is 19.8 Å². The van der Waals surface area contributed by atoms with Gasteiger partial charge in [-0.05, 0) is 43.5 Å². The quantitative estimate of drug-likeness (QED) is 0.865. The van der Waals surface area contributed by atoms with E-state index < -0.39 is 0 Å². The second-order valence-corrected chi connectivity index (χ2v) is 4.30. The van der Waals surface area contributed by atoms with Crippen molar-refractivity contribution < 1.29 is 9.84 Å². The van der Waals surface area contributed by atoms with Gasteiger partial charge in [0.15, 0.2) is 0 Å². The predicted molar refractivity (Wildman–Crippen MR) is 73.7 cm³/mol. The van der Waals surface area contributed by atoms with Gasteiger partial charge in [-0.25, -0.2) is 0 Å². The maximum absolute atomic E-state index is 11.2. The Kier molecular flexibility index (Phi) is 4.23. The van der Waals surface area contributed by atoms with Gasteiger partial charge in [-0.1, -0.05) is 12.1 Å². The molecule has 0 aliphatic heterocycles.